The number of nitrogens with one attached hydrogen (secondary N) is 1. The number of rotatable bonds is 6. The zero-order valence-electron chi connectivity index (χ0n) is 20.5. The van der Waals surface area contributed by atoms with E-state index in [1.54, 1.807) is 0 Å². The Bertz CT molecular complexity index is 1130. The van der Waals surface area contributed by atoms with E-state index in [2.05, 4.69) is 30.7 Å². The quantitative estimate of drug-likeness (QED) is 0.422. The molecule has 0 saturated heterocycles. The van der Waals surface area contributed by atoms with Gasteiger partial charge in [0.05, 0.1) is 29.8 Å². The Morgan fingerprint density at radius 3 is 2.52 bits per heavy atom. The Balaban J connectivity index is 1.75. The van der Waals surface area contributed by atoms with Crippen LogP contribution < -0.4 is 10.1 Å². The first kappa shape index (κ1) is 23.1. The summed E-state index contributed by atoms with van der Waals surface area (Å²) in [6.07, 6.45) is 3.54. The number of fused-ring (bicyclic) bond motifs is 1. The van der Waals surface area contributed by atoms with Crippen molar-refractivity contribution >= 4 is 28.6 Å². The number of anilines is 2. The van der Waals surface area contributed by atoms with Crippen LogP contribution in [0, 0.1) is 11.3 Å². The van der Waals surface area contributed by atoms with E-state index in [4.69, 9.17) is 14.5 Å². The van der Waals surface area contributed by atoms with E-state index >= 15 is 0 Å². The second kappa shape index (κ2) is 9.08. The molecular weight excluding hydrogens is 414 g/mol. The number of aromatic nitrogens is 2. The number of benzene rings is 2. The number of esters is 1. The van der Waals surface area contributed by atoms with Gasteiger partial charge in [-0.3, -0.25) is 0 Å². The van der Waals surface area contributed by atoms with Gasteiger partial charge in [-0.1, -0.05) is 20.8 Å². The van der Waals surface area contributed by atoms with E-state index in [1.807, 2.05) is 56.3 Å². The van der Waals surface area contributed by atoms with Crippen LogP contribution in [0.3, 0.4) is 0 Å². The van der Waals surface area contributed by atoms with Crippen molar-refractivity contribution in [2.45, 2.75) is 66.0 Å². The monoisotopic (exact) mass is 449 g/mol. The van der Waals surface area contributed by atoms with Crippen molar-refractivity contribution in [3.8, 4) is 5.75 Å². The summed E-state index contributed by atoms with van der Waals surface area (Å²) < 4.78 is 13.0. The minimum Gasteiger partial charge on any atom is -0.491 e. The van der Waals surface area contributed by atoms with E-state index in [1.165, 1.54) is 13.5 Å². The van der Waals surface area contributed by atoms with Gasteiger partial charge in [-0.25, -0.2) is 9.78 Å². The highest BCUT2D eigenvalue weighted by atomic mass is 16.5. The van der Waals surface area contributed by atoms with Crippen LogP contribution in [-0.4, -0.2) is 28.7 Å². The Hall–Kier alpha value is -3.02. The van der Waals surface area contributed by atoms with Crippen molar-refractivity contribution in [2.75, 3.05) is 12.4 Å². The van der Waals surface area contributed by atoms with Crippen LogP contribution in [0.15, 0.2) is 42.5 Å². The third-order valence-corrected chi connectivity index (χ3v) is 6.32. The maximum atomic E-state index is 12.1. The molecule has 0 spiro atoms. The van der Waals surface area contributed by atoms with E-state index < -0.39 is 0 Å². The molecule has 1 saturated carbocycles. The molecule has 0 amide bonds. The number of hydrogen-bond donors (Lipinski definition) is 1. The van der Waals surface area contributed by atoms with E-state index in [0.29, 0.717) is 17.5 Å². The number of ether oxygens (including phenoxy) is 2. The summed E-state index contributed by atoms with van der Waals surface area (Å²) in [6.45, 7) is 11.1. The summed E-state index contributed by atoms with van der Waals surface area (Å²) >= 11 is 0. The zero-order chi connectivity index (χ0) is 23.8. The topological polar surface area (TPSA) is 65.4 Å². The molecule has 0 radical (unpaired) electrons. The molecule has 1 heterocycles. The highest BCUT2D eigenvalue weighted by Gasteiger charge is 2.34. The van der Waals surface area contributed by atoms with Crippen LogP contribution >= 0.6 is 0 Å². The van der Waals surface area contributed by atoms with Gasteiger partial charge < -0.3 is 19.4 Å². The van der Waals surface area contributed by atoms with Crippen molar-refractivity contribution in [2.24, 2.45) is 11.3 Å². The lowest BCUT2D eigenvalue weighted by atomic mass is 9.70. The molecule has 3 aromatic rings. The second-order valence-electron chi connectivity index (χ2n) is 10.4. The summed E-state index contributed by atoms with van der Waals surface area (Å²) in [7, 11) is 1.40. The summed E-state index contributed by atoms with van der Waals surface area (Å²) in [4.78, 5) is 17.0. The molecule has 1 fully saturated rings. The molecular formula is C27H35N3O3. The fourth-order valence-electron chi connectivity index (χ4n) is 5.31. The van der Waals surface area contributed by atoms with Gasteiger partial charge in [-0.05, 0) is 86.9 Å². The van der Waals surface area contributed by atoms with Crippen molar-refractivity contribution in [3.05, 3.63) is 48.0 Å². The lowest BCUT2D eigenvalue weighted by Crippen LogP contribution is -2.29. The lowest BCUT2D eigenvalue weighted by molar-refractivity contribution is 0.0601. The Morgan fingerprint density at radius 1 is 1.15 bits per heavy atom. The number of carbonyl (C=O) groups is 1. The molecule has 6 nitrogen and oxygen atoms in total. The number of nitrogens with zero attached hydrogens (tertiary/aromatic N) is 2. The molecule has 1 aliphatic rings. The maximum absolute atomic E-state index is 12.1. The smallest absolute Gasteiger partial charge is 0.337 e. The predicted molar refractivity (Wildman–Crippen MR) is 132 cm³/mol. The van der Waals surface area contributed by atoms with Crippen LogP contribution in [0.5, 0.6) is 5.75 Å². The minimum atomic E-state index is -0.353. The fraction of sp³-hybridized carbons (Fsp3) is 0.481. The molecule has 1 aromatic heterocycles. The third kappa shape index (κ3) is 5.15. The molecule has 33 heavy (non-hydrogen) atoms. The van der Waals surface area contributed by atoms with Gasteiger partial charge in [0.15, 0.2) is 0 Å². The van der Waals surface area contributed by atoms with Gasteiger partial charge in [-0.15, -0.1) is 0 Å². The van der Waals surface area contributed by atoms with E-state index in [-0.39, 0.29) is 17.5 Å². The van der Waals surface area contributed by atoms with E-state index in [9.17, 15) is 4.79 Å². The molecule has 4 rings (SSSR count). The number of hydrogen-bond acceptors (Lipinski definition) is 5. The van der Waals surface area contributed by atoms with Crippen molar-refractivity contribution in [3.63, 3.8) is 0 Å². The number of carbonyl (C=O) groups excluding carboxylic acids is 1. The average molecular weight is 450 g/mol. The van der Waals surface area contributed by atoms with Gasteiger partial charge in [0.1, 0.15) is 5.75 Å². The molecule has 1 aliphatic carbocycles. The molecule has 6 heteroatoms. The average Bonchev–Trinajstić information content (AvgIpc) is 3.09. The second-order valence-corrected chi connectivity index (χ2v) is 10.4. The summed E-state index contributed by atoms with van der Waals surface area (Å²) in [5.74, 6) is 1.91. The van der Waals surface area contributed by atoms with Crippen LogP contribution in [0.2, 0.25) is 0 Å². The van der Waals surface area contributed by atoms with Crippen molar-refractivity contribution < 1.29 is 14.3 Å². The Kier molecular flexibility index (Phi) is 6.37. The van der Waals surface area contributed by atoms with Gasteiger partial charge >= 0.3 is 5.97 Å². The van der Waals surface area contributed by atoms with Crippen LogP contribution in [0.4, 0.5) is 11.6 Å². The summed E-state index contributed by atoms with van der Waals surface area (Å²) in [5, 5.41) is 3.52. The van der Waals surface area contributed by atoms with Gasteiger partial charge in [0.2, 0.25) is 5.95 Å². The summed E-state index contributed by atoms with van der Waals surface area (Å²) in [5.41, 5.74) is 3.53. The maximum Gasteiger partial charge on any atom is 0.337 e. The first-order chi connectivity index (χ1) is 15.6. The molecule has 0 aliphatic heterocycles. The SMILES string of the molecule is COC(=O)c1ccc2c(c1)nc(Nc1ccc(OC(C)C)cc1)n2[C@H]1C[C@@H](C)CC(C)(C)C1. The molecule has 176 valence electrons. The molecule has 2 atom stereocenters. The fourth-order valence-corrected chi connectivity index (χ4v) is 5.31. The minimum absolute atomic E-state index is 0.133. The van der Waals surface area contributed by atoms with Crippen molar-refractivity contribution in [1.29, 1.82) is 0 Å². The highest BCUT2D eigenvalue weighted by molar-refractivity contribution is 5.94. The largest absolute Gasteiger partial charge is 0.491 e. The van der Waals surface area contributed by atoms with Crippen LogP contribution in [0.25, 0.3) is 11.0 Å². The first-order valence-electron chi connectivity index (χ1n) is 11.8. The van der Waals surface area contributed by atoms with Gasteiger partial charge in [0, 0.05) is 11.7 Å². The van der Waals surface area contributed by atoms with Crippen LogP contribution in [-0.2, 0) is 4.74 Å². The first-order valence-corrected chi connectivity index (χ1v) is 11.8. The predicted octanol–water partition coefficient (Wildman–Crippen LogP) is 6.74. The lowest BCUT2D eigenvalue weighted by Gasteiger charge is -2.40. The van der Waals surface area contributed by atoms with Crippen molar-refractivity contribution in [1.82, 2.24) is 9.55 Å². The highest BCUT2D eigenvalue weighted by Crippen LogP contribution is 2.46. The van der Waals surface area contributed by atoms with Gasteiger partial charge in [0.25, 0.3) is 0 Å². The Labute approximate surface area is 196 Å². The molecule has 1 N–H and O–H groups in total. The summed E-state index contributed by atoms with van der Waals surface area (Å²) in [6, 6.07) is 13.9. The van der Waals surface area contributed by atoms with E-state index in [0.717, 1.165) is 41.3 Å². The molecule has 2 aromatic carbocycles. The third-order valence-electron chi connectivity index (χ3n) is 6.32. The Morgan fingerprint density at radius 2 is 1.88 bits per heavy atom. The molecule has 0 bridgehead atoms. The zero-order valence-corrected chi connectivity index (χ0v) is 20.5. The normalized spacial score (nSPS) is 20.1. The van der Waals surface area contributed by atoms with Crippen LogP contribution in [0.1, 0.15) is 70.3 Å². The standard InChI is InChI=1S/C27H35N3O3/c1-17(2)33-22-10-8-20(9-11-22)28-26-29-23-14-19(25(31)32-6)7-12-24(23)30(26)21-13-18(3)15-27(4,5)16-21/h7-12,14,17-18,21H,13,15-16H2,1-6H3,(H,28,29)/t18-,21+/m1/s1. The molecule has 0 unspecified atom stereocenters. The van der Waals surface area contributed by atoms with Gasteiger partial charge in [-0.2, -0.15) is 0 Å². The number of imidazole rings is 1. The number of methoxy groups -OCH3 is 1.